The van der Waals surface area contributed by atoms with Gasteiger partial charge in [0, 0.05) is 13.1 Å². The molecule has 1 rings (SSSR count). The molecule has 0 aromatic carbocycles. The minimum atomic E-state index is 0.373. The van der Waals surface area contributed by atoms with Gasteiger partial charge in [-0.05, 0) is 19.8 Å². The minimum absolute atomic E-state index is 0.373. The van der Waals surface area contributed by atoms with Crippen LogP contribution >= 0.6 is 0 Å². The van der Waals surface area contributed by atoms with Gasteiger partial charge < -0.3 is 0 Å². The topological polar surface area (TPSA) is 12.5 Å². The van der Waals surface area contributed by atoms with Crippen LogP contribution in [0.4, 0.5) is 0 Å². The largest absolute Gasteiger partial charge is 0.295 e. The normalized spacial score (nSPS) is 34.6. The van der Waals surface area contributed by atoms with E-state index in [1.165, 1.54) is 0 Å². The van der Waals surface area contributed by atoms with Crippen molar-refractivity contribution in [1.29, 1.82) is 0 Å². The van der Waals surface area contributed by atoms with Crippen molar-refractivity contribution >= 4 is 0 Å². The van der Waals surface area contributed by atoms with Crippen molar-refractivity contribution in [2.24, 2.45) is 0 Å². The third-order valence-electron chi connectivity index (χ3n) is 1.97. The van der Waals surface area contributed by atoms with Gasteiger partial charge in [-0.15, -0.1) is 6.58 Å². The Kier molecular flexibility index (Phi) is 2.46. The molecule has 2 atom stereocenters. The van der Waals surface area contributed by atoms with Crippen LogP contribution in [0.3, 0.4) is 0 Å². The zero-order valence-corrected chi connectivity index (χ0v) is 6.71. The highest BCUT2D eigenvalue weighted by Gasteiger charge is 2.25. The first-order valence-electron chi connectivity index (χ1n) is 3.74. The lowest BCUT2D eigenvalue weighted by Gasteiger charge is -2.11. The third-order valence-corrected chi connectivity index (χ3v) is 1.97. The fourth-order valence-electron chi connectivity index (χ4n) is 1.24. The van der Waals surface area contributed by atoms with Gasteiger partial charge >= 0.3 is 0 Å². The van der Waals surface area contributed by atoms with E-state index in [2.05, 4.69) is 13.5 Å². The highest BCUT2D eigenvalue weighted by atomic mass is 16.7. The van der Waals surface area contributed by atoms with Crippen molar-refractivity contribution in [3.8, 4) is 0 Å². The first kappa shape index (κ1) is 7.76. The van der Waals surface area contributed by atoms with Crippen LogP contribution in [0.1, 0.15) is 19.8 Å². The highest BCUT2D eigenvalue weighted by Crippen LogP contribution is 2.20. The maximum atomic E-state index is 5.48. The standard InChI is InChI=1S/C8H15NO/c1-4-5-8-6-7(2)9(3)10-8/h4,7-8H,1,5-6H2,2-3H3/t7-,8-/m0/s1. The van der Waals surface area contributed by atoms with Crippen molar-refractivity contribution < 1.29 is 4.84 Å². The molecular weight excluding hydrogens is 126 g/mol. The van der Waals surface area contributed by atoms with Gasteiger partial charge in [0.2, 0.25) is 0 Å². The first-order chi connectivity index (χ1) is 4.74. The summed E-state index contributed by atoms with van der Waals surface area (Å²) in [5.41, 5.74) is 0. The number of hydrogen-bond acceptors (Lipinski definition) is 2. The van der Waals surface area contributed by atoms with Gasteiger partial charge in [-0.3, -0.25) is 4.84 Å². The Hall–Kier alpha value is -0.340. The molecule has 1 fully saturated rings. The summed E-state index contributed by atoms with van der Waals surface area (Å²) in [6.07, 6.45) is 4.38. The molecule has 0 unspecified atom stereocenters. The molecule has 58 valence electrons. The van der Waals surface area contributed by atoms with Gasteiger partial charge in [0.25, 0.3) is 0 Å². The van der Waals surface area contributed by atoms with Gasteiger partial charge in [0.1, 0.15) is 0 Å². The van der Waals surface area contributed by atoms with Crippen LogP contribution in [0.5, 0.6) is 0 Å². The van der Waals surface area contributed by atoms with Gasteiger partial charge in [-0.2, -0.15) is 5.06 Å². The van der Waals surface area contributed by atoms with Crippen LogP contribution in [-0.4, -0.2) is 24.3 Å². The van der Waals surface area contributed by atoms with Crippen LogP contribution in [0, 0.1) is 0 Å². The van der Waals surface area contributed by atoms with Crippen LogP contribution < -0.4 is 0 Å². The summed E-state index contributed by atoms with van der Waals surface area (Å²) in [6.45, 7) is 5.85. The number of rotatable bonds is 2. The van der Waals surface area contributed by atoms with Crippen molar-refractivity contribution in [3.63, 3.8) is 0 Å². The maximum absolute atomic E-state index is 5.48. The summed E-state index contributed by atoms with van der Waals surface area (Å²) in [6, 6.07) is 0.560. The maximum Gasteiger partial charge on any atom is 0.0843 e. The third kappa shape index (κ3) is 1.58. The predicted octanol–water partition coefficient (Wildman–Crippen LogP) is 1.59. The van der Waals surface area contributed by atoms with Crippen LogP contribution in [0.2, 0.25) is 0 Å². The van der Waals surface area contributed by atoms with Crippen LogP contribution in [0.15, 0.2) is 12.7 Å². The Bertz CT molecular complexity index is 114. The predicted molar refractivity (Wildman–Crippen MR) is 41.5 cm³/mol. The molecule has 1 aliphatic heterocycles. The molecule has 0 aliphatic carbocycles. The summed E-state index contributed by atoms with van der Waals surface area (Å²) in [5, 5.41) is 1.92. The number of hydrogen-bond donors (Lipinski definition) is 0. The van der Waals surface area contributed by atoms with E-state index in [4.69, 9.17) is 4.84 Å². The highest BCUT2D eigenvalue weighted by molar-refractivity contribution is 4.79. The minimum Gasteiger partial charge on any atom is -0.295 e. The fraction of sp³-hybridized carbons (Fsp3) is 0.750. The second kappa shape index (κ2) is 3.17. The Balaban J connectivity index is 2.33. The summed E-state index contributed by atoms with van der Waals surface area (Å²) in [7, 11) is 1.98. The first-order valence-corrected chi connectivity index (χ1v) is 3.74. The second-order valence-electron chi connectivity index (χ2n) is 2.88. The van der Waals surface area contributed by atoms with Gasteiger partial charge in [0.05, 0.1) is 6.10 Å². The van der Waals surface area contributed by atoms with Crippen molar-refractivity contribution in [1.82, 2.24) is 5.06 Å². The van der Waals surface area contributed by atoms with E-state index in [1.54, 1.807) is 0 Å². The van der Waals surface area contributed by atoms with E-state index >= 15 is 0 Å². The van der Waals surface area contributed by atoms with Crippen LogP contribution in [0.25, 0.3) is 0 Å². The van der Waals surface area contributed by atoms with E-state index in [9.17, 15) is 0 Å². The van der Waals surface area contributed by atoms with E-state index in [1.807, 2.05) is 18.2 Å². The quantitative estimate of drug-likeness (QED) is 0.541. The molecular formula is C8H15NO. The Labute approximate surface area is 62.4 Å². The molecule has 0 aromatic rings. The molecule has 0 bridgehead atoms. The molecule has 0 saturated carbocycles. The Morgan fingerprint density at radius 2 is 2.50 bits per heavy atom. The fourth-order valence-corrected chi connectivity index (χ4v) is 1.24. The summed E-state index contributed by atoms with van der Waals surface area (Å²) >= 11 is 0. The monoisotopic (exact) mass is 141 g/mol. The number of hydroxylamine groups is 2. The molecule has 0 radical (unpaired) electrons. The van der Waals surface area contributed by atoms with Gasteiger partial charge in [-0.1, -0.05) is 6.08 Å². The van der Waals surface area contributed by atoms with Crippen molar-refractivity contribution in [3.05, 3.63) is 12.7 Å². The summed E-state index contributed by atoms with van der Waals surface area (Å²) in [4.78, 5) is 5.48. The van der Waals surface area contributed by atoms with E-state index in [0.29, 0.717) is 12.1 Å². The van der Waals surface area contributed by atoms with Crippen molar-refractivity contribution in [2.75, 3.05) is 7.05 Å². The molecule has 0 N–H and O–H groups in total. The van der Waals surface area contributed by atoms with Crippen molar-refractivity contribution in [2.45, 2.75) is 31.9 Å². The Morgan fingerprint density at radius 3 is 2.90 bits per heavy atom. The molecule has 1 aliphatic rings. The average Bonchev–Trinajstić information content (AvgIpc) is 2.14. The second-order valence-corrected chi connectivity index (χ2v) is 2.88. The average molecular weight is 141 g/mol. The number of nitrogens with zero attached hydrogens (tertiary/aromatic N) is 1. The molecule has 1 heterocycles. The summed E-state index contributed by atoms with van der Waals surface area (Å²) < 4.78 is 0. The van der Waals surface area contributed by atoms with Gasteiger partial charge in [-0.25, -0.2) is 0 Å². The molecule has 10 heavy (non-hydrogen) atoms. The van der Waals surface area contributed by atoms with E-state index in [0.717, 1.165) is 12.8 Å². The molecule has 0 spiro atoms. The molecule has 2 nitrogen and oxygen atoms in total. The molecule has 0 aromatic heterocycles. The molecule has 0 amide bonds. The lowest BCUT2D eigenvalue weighted by Crippen LogP contribution is -2.19. The van der Waals surface area contributed by atoms with E-state index in [-0.39, 0.29) is 0 Å². The molecule has 1 saturated heterocycles. The van der Waals surface area contributed by atoms with Gasteiger partial charge in [0.15, 0.2) is 0 Å². The zero-order chi connectivity index (χ0) is 7.56. The lowest BCUT2D eigenvalue weighted by atomic mass is 10.1. The summed E-state index contributed by atoms with van der Waals surface area (Å²) in [5.74, 6) is 0. The lowest BCUT2D eigenvalue weighted by molar-refractivity contribution is -0.139. The van der Waals surface area contributed by atoms with E-state index < -0.39 is 0 Å². The SMILES string of the molecule is C=CC[C@H]1C[C@H](C)N(C)O1. The molecule has 2 heteroatoms. The van der Waals surface area contributed by atoms with Crippen LogP contribution in [-0.2, 0) is 4.84 Å². The zero-order valence-electron chi connectivity index (χ0n) is 6.71. The Morgan fingerprint density at radius 1 is 1.80 bits per heavy atom. The smallest absolute Gasteiger partial charge is 0.0843 e.